The van der Waals surface area contributed by atoms with E-state index >= 15 is 0 Å². The molecule has 3 rings (SSSR count). The Bertz CT molecular complexity index is 898. The van der Waals surface area contributed by atoms with Crippen LogP contribution in [0.25, 0.3) is 0 Å². The number of hydrogen-bond acceptors (Lipinski definition) is 4. The van der Waals surface area contributed by atoms with Gasteiger partial charge in [0.25, 0.3) is 18.1 Å². The highest BCUT2D eigenvalue weighted by Gasteiger charge is 2.20. The van der Waals surface area contributed by atoms with Crippen LogP contribution in [0.1, 0.15) is 22.3 Å². The van der Waals surface area contributed by atoms with E-state index < -0.39 is 18.1 Å². The lowest BCUT2D eigenvalue weighted by atomic mass is 9.86. The Labute approximate surface area is 137 Å². The molecule has 116 valence electrons. The first-order valence-corrected chi connectivity index (χ1v) is 10.9. The smallest absolute Gasteiger partial charge is 0.207 e. The molecule has 0 aromatic heterocycles. The molecule has 4 nitrogen and oxygen atoms in total. The van der Waals surface area contributed by atoms with Crippen LogP contribution in [-0.2, 0) is 30.9 Å². The van der Waals surface area contributed by atoms with Crippen LogP contribution in [0, 0.1) is 0 Å². The molecule has 0 spiro atoms. The summed E-state index contributed by atoms with van der Waals surface area (Å²) in [5.41, 5.74) is 3.63. The second-order valence-electron chi connectivity index (χ2n) is 5.09. The van der Waals surface area contributed by atoms with E-state index in [0.29, 0.717) is 12.8 Å². The van der Waals surface area contributed by atoms with Gasteiger partial charge in [-0.05, 0) is 59.4 Å². The van der Waals surface area contributed by atoms with Gasteiger partial charge in [-0.25, -0.2) is 16.8 Å². The minimum Gasteiger partial charge on any atom is -0.207 e. The fourth-order valence-electron chi connectivity index (χ4n) is 2.59. The predicted molar refractivity (Wildman–Crippen MR) is 84.6 cm³/mol. The Balaban J connectivity index is 2.06. The van der Waals surface area contributed by atoms with Crippen molar-refractivity contribution in [1.29, 1.82) is 0 Å². The van der Waals surface area contributed by atoms with E-state index in [1.54, 1.807) is 24.3 Å². The van der Waals surface area contributed by atoms with Gasteiger partial charge in [0, 0.05) is 21.4 Å². The van der Waals surface area contributed by atoms with Crippen LogP contribution in [0.4, 0.5) is 0 Å². The minimum atomic E-state index is -3.76. The van der Waals surface area contributed by atoms with Gasteiger partial charge in [-0.1, -0.05) is 12.1 Å². The number of fused-ring (bicyclic) bond motifs is 2. The molecule has 0 amide bonds. The van der Waals surface area contributed by atoms with Crippen molar-refractivity contribution in [2.24, 2.45) is 0 Å². The molecule has 0 saturated carbocycles. The second kappa shape index (κ2) is 5.23. The molecule has 2 aromatic rings. The fourth-order valence-corrected chi connectivity index (χ4v) is 4.20. The van der Waals surface area contributed by atoms with Crippen molar-refractivity contribution in [1.82, 2.24) is 0 Å². The zero-order valence-corrected chi connectivity index (χ0v) is 14.2. The first-order valence-electron chi connectivity index (χ1n) is 6.27. The van der Waals surface area contributed by atoms with Crippen molar-refractivity contribution < 1.29 is 16.8 Å². The number of hydrogen-bond donors (Lipinski definition) is 0. The summed E-state index contributed by atoms with van der Waals surface area (Å²) in [4.78, 5) is 0.132. The van der Waals surface area contributed by atoms with Gasteiger partial charge in [0.05, 0.1) is 9.79 Å². The SMILES string of the molecule is O=S(=O)(Cl)c1ccc2c(c1)Cc1ccc(S(=O)(=O)Cl)cc1C2. The van der Waals surface area contributed by atoms with Crippen LogP contribution in [0.15, 0.2) is 46.2 Å². The second-order valence-corrected chi connectivity index (χ2v) is 10.2. The van der Waals surface area contributed by atoms with Gasteiger partial charge in [0.1, 0.15) is 0 Å². The lowest BCUT2D eigenvalue weighted by Crippen LogP contribution is -2.09. The van der Waals surface area contributed by atoms with Crippen molar-refractivity contribution in [3.8, 4) is 0 Å². The van der Waals surface area contributed by atoms with E-state index in [-0.39, 0.29) is 9.79 Å². The highest BCUT2D eigenvalue weighted by Crippen LogP contribution is 2.31. The highest BCUT2D eigenvalue weighted by atomic mass is 35.7. The lowest BCUT2D eigenvalue weighted by molar-refractivity contribution is 0.607. The average Bonchev–Trinajstić information content (AvgIpc) is 2.41. The van der Waals surface area contributed by atoms with Crippen LogP contribution in [0.2, 0.25) is 0 Å². The van der Waals surface area contributed by atoms with E-state index in [0.717, 1.165) is 22.3 Å². The molecule has 1 aliphatic carbocycles. The highest BCUT2D eigenvalue weighted by molar-refractivity contribution is 8.14. The van der Waals surface area contributed by atoms with Gasteiger partial charge >= 0.3 is 0 Å². The van der Waals surface area contributed by atoms with E-state index in [2.05, 4.69) is 0 Å². The molecule has 2 aromatic carbocycles. The van der Waals surface area contributed by atoms with Gasteiger partial charge < -0.3 is 0 Å². The molecule has 1 aliphatic rings. The maximum Gasteiger partial charge on any atom is 0.261 e. The third kappa shape index (κ3) is 3.01. The Kier molecular flexibility index (Phi) is 3.76. The van der Waals surface area contributed by atoms with Crippen LogP contribution in [0.5, 0.6) is 0 Å². The summed E-state index contributed by atoms with van der Waals surface area (Å²) in [6, 6.07) is 9.44. The molecular weight excluding hydrogens is 367 g/mol. The fraction of sp³-hybridized carbons (Fsp3) is 0.143. The van der Waals surface area contributed by atoms with E-state index in [9.17, 15) is 16.8 Å². The molecule has 0 fully saturated rings. The van der Waals surface area contributed by atoms with Crippen LogP contribution in [-0.4, -0.2) is 16.8 Å². The molecule has 0 aliphatic heterocycles. The van der Waals surface area contributed by atoms with Crippen LogP contribution >= 0.6 is 21.4 Å². The minimum absolute atomic E-state index is 0.0660. The third-order valence-electron chi connectivity index (χ3n) is 3.68. The van der Waals surface area contributed by atoms with Crippen LogP contribution < -0.4 is 0 Å². The average molecular weight is 377 g/mol. The first kappa shape index (κ1) is 15.8. The van der Waals surface area contributed by atoms with Crippen molar-refractivity contribution >= 4 is 39.5 Å². The van der Waals surface area contributed by atoms with E-state index in [4.69, 9.17) is 21.4 Å². The summed E-state index contributed by atoms with van der Waals surface area (Å²) in [6.07, 6.45) is 1.04. The van der Waals surface area contributed by atoms with Crippen LogP contribution in [0.3, 0.4) is 0 Å². The Hall–Kier alpha value is -1.08. The maximum absolute atomic E-state index is 11.4. The molecule has 0 saturated heterocycles. The first-order chi connectivity index (χ1) is 10.1. The molecule has 0 unspecified atom stereocenters. The zero-order valence-electron chi connectivity index (χ0n) is 11.1. The lowest BCUT2D eigenvalue weighted by Gasteiger charge is -2.20. The number of benzene rings is 2. The molecular formula is C14H10Cl2O4S2. The summed E-state index contributed by atoms with van der Waals surface area (Å²) in [7, 11) is 3.20. The normalized spacial score (nSPS) is 14.3. The van der Waals surface area contributed by atoms with Crippen molar-refractivity contribution in [2.45, 2.75) is 22.6 Å². The third-order valence-corrected chi connectivity index (χ3v) is 6.38. The van der Waals surface area contributed by atoms with Crippen molar-refractivity contribution in [3.05, 3.63) is 58.7 Å². The van der Waals surface area contributed by atoms with E-state index in [1.165, 1.54) is 12.1 Å². The summed E-state index contributed by atoms with van der Waals surface area (Å²) >= 11 is 0. The van der Waals surface area contributed by atoms with Gasteiger partial charge in [-0.2, -0.15) is 0 Å². The Morgan fingerprint density at radius 1 is 0.636 bits per heavy atom. The molecule has 0 N–H and O–H groups in total. The molecule has 22 heavy (non-hydrogen) atoms. The summed E-state index contributed by atoms with van der Waals surface area (Å²) < 4.78 is 45.6. The monoisotopic (exact) mass is 376 g/mol. The molecule has 0 radical (unpaired) electrons. The van der Waals surface area contributed by atoms with Gasteiger partial charge in [-0.3, -0.25) is 0 Å². The Morgan fingerprint density at radius 2 is 1.00 bits per heavy atom. The van der Waals surface area contributed by atoms with Gasteiger partial charge in [-0.15, -0.1) is 0 Å². The maximum atomic E-state index is 11.4. The number of halogens is 2. The summed E-state index contributed by atoms with van der Waals surface area (Å²) in [5, 5.41) is 0. The summed E-state index contributed by atoms with van der Waals surface area (Å²) in [6.45, 7) is 0. The van der Waals surface area contributed by atoms with Crippen molar-refractivity contribution in [3.63, 3.8) is 0 Å². The molecule has 0 atom stereocenters. The van der Waals surface area contributed by atoms with Gasteiger partial charge in [0.2, 0.25) is 0 Å². The molecule has 0 bridgehead atoms. The standard InChI is InChI=1S/C14H10Cl2O4S2/c15-21(17,18)13-3-1-9-5-12-8-14(22(16,19)20)4-2-10(12)6-11(9)7-13/h1-4,7-8H,5-6H2. The Morgan fingerprint density at radius 3 is 1.32 bits per heavy atom. The largest absolute Gasteiger partial charge is 0.261 e. The zero-order chi connectivity index (χ0) is 16.1. The van der Waals surface area contributed by atoms with E-state index in [1.807, 2.05) is 0 Å². The predicted octanol–water partition coefficient (Wildman–Crippen LogP) is 3.04. The van der Waals surface area contributed by atoms with Crippen molar-refractivity contribution in [2.75, 3.05) is 0 Å². The summed E-state index contributed by atoms with van der Waals surface area (Å²) in [5.74, 6) is 0. The topological polar surface area (TPSA) is 68.3 Å². The number of rotatable bonds is 2. The quantitative estimate of drug-likeness (QED) is 0.644. The van der Waals surface area contributed by atoms with Gasteiger partial charge in [0.15, 0.2) is 0 Å². The molecule has 8 heteroatoms. The molecule has 0 heterocycles.